The number of nitrogens with one attached hydrogen (secondary N) is 1. The summed E-state index contributed by atoms with van der Waals surface area (Å²) in [5, 5.41) is 11.3. The van der Waals surface area contributed by atoms with Crippen LogP contribution < -0.4 is 5.32 Å². The zero-order valence-corrected chi connectivity index (χ0v) is 11.2. The zero-order chi connectivity index (χ0) is 15.2. The molecule has 2 N–H and O–H groups in total. The fourth-order valence-corrected chi connectivity index (χ4v) is 1.85. The molecule has 1 aromatic carbocycles. The highest BCUT2D eigenvalue weighted by Gasteiger charge is 2.32. The topological polar surface area (TPSA) is 49.3 Å². The van der Waals surface area contributed by atoms with Gasteiger partial charge in [0, 0.05) is 18.7 Å². The third-order valence-corrected chi connectivity index (χ3v) is 3.04. The van der Waals surface area contributed by atoms with E-state index in [1.54, 1.807) is 6.07 Å². The summed E-state index contributed by atoms with van der Waals surface area (Å²) in [4.78, 5) is 10.4. The van der Waals surface area contributed by atoms with E-state index in [0.717, 1.165) is 6.07 Å². The summed E-state index contributed by atoms with van der Waals surface area (Å²) in [7, 11) is 0. The quantitative estimate of drug-likeness (QED) is 0.797. The smallest absolute Gasteiger partial charge is 0.418 e. The molecule has 0 aromatic heterocycles. The van der Waals surface area contributed by atoms with Crippen LogP contribution in [-0.2, 0) is 11.0 Å². The van der Waals surface area contributed by atoms with Crippen molar-refractivity contribution in [1.82, 2.24) is 0 Å². The second-order valence-electron chi connectivity index (χ2n) is 4.80. The second-order valence-corrected chi connectivity index (χ2v) is 4.80. The van der Waals surface area contributed by atoms with Crippen molar-refractivity contribution < 1.29 is 23.1 Å². The number of carbonyl (C=O) groups is 1. The number of rotatable bonds is 7. The minimum absolute atomic E-state index is 0.0606. The maximum absolute atomic E-state index is 12.7. The molecule has 3 nitrogen and oxygen atoms in total. The molecule has 1 aromatic rings. The molecule has 0 heterocycles. The zero-order valence-electron chi connectivity index (χ0n) is 11.2. The summed E-state index contributed by atoms with van der Waals surface area (Å²) in [5.41, 5.74) is -0.622. The molecule has 0 saturated heterocycles. The van der Waals surface area contributed by atoms with E-state index >= 15 is 0 Å². The highest BCUT2D eigenvalue weighted by atomic mass is 19.4. The van der Waals surface area contributed by atoms with Crippen LogP contribution >= 0.6 is 0 Å². The first-order valence-corrected chi connectivity index (χ1v) is 6.42. The van der Waals surface area contributed by atoms with E-state index in [0.29, 0.717) is 19.4 Å². The van der Waals surface area contributed by atoms with Crippen LogP contribution in [0, 0.1) is 5.92 Å². The van der Waals surface area contributed by atoms with E-state index in [4.69, 9.17) is 5.11 Å². The van der Waals surface area contributed by atoms with Gasteiger partial charge in [0.15, 0.2) is 0 Å². The number of para-hydroxylation sites is 1. The molecule has 0 aliphatic rings. The summed E-state index contributed by atoms with van der Waals surface area (Å²) in [5.74, 6) is -0.705. The molecular weight excluding hydrogens is 271 g/mol. The molecule has 20 heavy (non-hydrogen) atoms. The lowest BCUT2D eigenvalue weighted by Gasteiger charge is -2.16. The maximum Gasteiger partial charge on any atom is 0.418 e. The molecule has 1 rings (SSSR count). The summed E-state index contributed by atoms with van der Waals surface area (Å²) in [6.45, 7) is 2.27. The molecule has 1 atom stereocenters. The van der Waals surface area contributed by atoms with Gasteiger partial charge in [-0.3, -0.25) is 4.79 Å². The van der Waals surface area contributed by atoms with E-state index in [-0.39, 0.29) is 18.0 Å². The lowest BCUT2D eigenvalue weighted by Crippen LogP contribution is -2.13. The first kappa shape index (κ1) is 16.3. The fraction of sp³-hybridized carbons (Fsp3) is 0.500. The molecule has 112 valence electrons. The lowest BCUT2D eigenvalue weighted by atomic mass is 10.0. The third-order valence-electron chi connectivity index (χ3n) is 3.04. The fourth-order valence-electron chi connectivity index (χ4n) is 1.85. The van der Waals surface area contributed by atoms with Crippen LogP contribution in [0.1, 0.15) is 31.7 Å². The van der Waals surface area contributed by atoms with Gasteiger partial charge in [-0.15, -0.1) is 0 Å². The predicted molar refractivity (Wildman–Crippen MR) is 70.6 cm³/mol. The molecule has 6 heteroatoms. The number of hydrogen-bond donors (Lipinski definition) is 2. The molecule has 0 amide bonds. The minimum atomic E-state index is -4.38. The Bertz CT molecular complexity index is 446. The molecule has 0 saturated carbocycles. The number of carboxylic acid groups (broad SMARTS) is 1. The Labute approximate surface area is 115 Å². The molecule has 0 aliphatic carbocycles. The summed E-state index contributed by atoms with van der Waals surface area (Å²) in [6, 6.07) is 5.33. The highest BCUT2D eigenvalue weighted by Crippen LogP contribution is 2.34. The Kier molecular flexibility index (Phi) is 5.85. The van der Waals surface area contributed by atoms with Gasteiger partial charge in [0.1, 0.15) is 0 Å². The minimum Gasteiger partial charge on any atom is -0.481 e. The molecule has 0 fully saturated rings. The van der Waals surface area contributed by atoms with Crippen LogP contribution in [0.2, 0.25) is 0 Å². The number of benzene rings is 1. The second kappa shape index (κ2) is 7.17. The maximum atomic E-state index is 12.7. The molecule has 0 bridgehead atoms. The Morgan fingerprint density at radius 2 is 1.95 bits per heavy atom. The molecular formula is C14H18F3NO2. The van der Waals surface area contributed by atoms with Crippen LogP contribution in [-0.4, -0.2) is 17.6 Å². The average molecular weight is 289 g/mol. The first-order chi connectivity index (χ1) is 9.30. The van der Waals surface area contributed by atoms with E-state index < -0.39 is 17.7 Å². The summed E-state index contributed by atoms with van der Waals surface area (Å²) in [6.07, 6.45) is -3.14. The molecule has 0 radical (unpaired) electrons. The lowest BCUT2D eigenvalue weighted by molar-refractivity contribution is -0.138. The van der Waals surface area contributed by atoms with E-state index in [1.165, 1.54) is 12.1 Å². The van der Waals surface area contributed by atoms with Crippen molar-refractivity contribution in [2.75, 3.05) is 11.9 Å². The van der Waals surface area contributed by atoms with E-state index in [2.05, 4.69) is 5.32 Å². The van der Waals surface area contributed by atoms with Crippen LogP contribution in [0.3, 0.4) is 0 Å². The normalized spacial score (nSPS) is 13.0. The van der Waals surface area contributed by atoms with Crippen molar-refractivity contribution in [3.63, 3.8) is 0 Å². The van der Waals surface area contributed by atoms with Gasteiger partial charge in [-0.2, -0.15) is 13.2 Å². The summed E-state index contributed by atoms with van der Waals surface area (Å²) < 4.78 is 38.2. The monoisotopic (exact) mass is 289 g/mol. The third kappa shape index (κ3) is 5.50. The van der Waals surface area contributed by atoms with Crippen LogP contribution in [0.15, 0.2) is 24.3 Å². The Hall–Kier alpha value is -1.72. The van der Waals surface area contributed by atoms with Crippen molar-refractivity contribution in [3.8, 4) is 0 Å². The van der Waals surface area contributed by atoms with Gasteiger partial charge in [-0.05, 0) is 30.9 Å². The molecule has 1 unspecified atom stereocenters. The van der Waals surface area contributed by atoms with Gasteiger partial charge >= 0.3 is 12.1 Å². The van der Waals surface area contributed by atoms with Gasteiger partial charge < -0.3 is 10.4 Å². The molecule has 0 spiro atoms. The van der Waals surface area contributed by atoms with Gasteiger partial charge in [0.05, 0.1) is 5.56 Å². The van der Waals surface area contributed by atoms with Crippen LogP contribution in [0.4, 0.5) is 18.9 Å². The summed E-state index contributed by atoms with van der Waals surface area (Å²) >= 11 is 0. The van der Waals surface area contributed by atoms with E-state index in [1.807, 2.05) is 6.92 Å². The van der Waals surface area contributed by atoms with Crippen molar-refractivity contribution in [2.45, 2.75) is 32.4 Å². The van der Waals surface area contributed by atoms with Crippen molar-refractivity contribution >= 4 is 11.7 Å². The van der Waals surface area contributed by atoms with Crippen LogP contribution in [0.25, 0.3) is 0 Å². The van der Waals surface area contributed by atoms with Crippen molar-refractivity contribution in [1.29, 1.82) is 0 Å². The number of alkyl halides is 3. The number of carboxylic acids is 1. The van der Waals surface area contributed by atoms with E-state index in [9.17, 15) is 18.0 Å². The highest BCUT2D eigenvalue weighted by molar-refractivity contribution is 5.66. The SMILES string of the molecule is CC(CCNc1ccccc1C(F)(F)F)CCC(=O)O. The van der Waals surface area contributed by atoms with Gasteiger partial charge in [-0.1, -0.05) is 19.1 Å². The number of hydrogen-bond acceptors (Lipinski definition) is 2. The Morgan fingerprint density at radius 1 is 1.30 bits per heavy atom. The van der Waals surface area contributed by atoms with Crippen LogP contribution in [0.5, 0.6) is 0 Å². The largest absolute Gasteiger partial charge is 0.481 e. The van der Waals surface area contributed by atoms with Crippen molar-refractivity contribution in [2.24, 2.45) is 5.92 Å². The first-order valence-electron chi connectivity index (χ1n) is 6.42. The Balaban J connectivity index is 2.48. The average Bonchev–Trinajstić information content (AvgIpc) is 2.36. The molecule has 0 aliphatic heterocycles. The van der Waals surface area contributed by atoms with Gasteiger partial charge in [0.25, 0.3) is 0 Å². The number of aliphatic carboxylic acids is 1. The standard InChI is InChI=1S/C14H18F3NO2/c1-10(6-7-13(19)20)8-9-18-12-5-3-2-4-11(12)14(15,16)17/h2-5,10,18H,6-9H2,1H3,(H,19,20). The van der Waals surface area contributed by atoms with Gasteiger partial charge in [-0.25, -0.2) is 0 Å². The van der Waals surface area contributed by atoms with Crippen molar-refractivity contribution in [3.05, 3.63) is 29.8 Å². The predicted octanol–water partition coefficient (Wildman–Crippen LogP) is 4.01. The number of anilines is 1. The van der Waals surface area contributed by atoms with Gasteiger partial charge in [0.2, 0.25) is 0 Å². The Morgan fingerprint density at radius 3 is 2.55 bits per heavy atom. The number of halogens is 3.